The summed E-state index contributed by atoms with van der Waals surface area (Å²) in [7, 11) is 0. The van der Waals surface area contributed by atoms with Crippen LogP contribution in [-0.4, -0.2) is 22.5 Å². The van der Waals surface area contributed by atoms with Gasteiger partial charge in [-0.25, -0.2) is 0 Å². The lowest BCUT2D eigenvalue weighted by molar-refractivity contribution is 0.553. The molecule has 1 atom stereocenters. The van der Waals surface area contributed by atoms with E-state index in [0.29, 0.717) is 0 Å². The fraction of sp³-hybridized carbons (Fsp3) is 0.556. The van der Waals surface area contributed by atoms with Gasteiger partial charge in [-0.05, 0) is 24.3 Å². The van der Waals surface area contributed by atoms with Crippen molar-refractivity contribution >= 4 is 11.8 Å². The highest BCUT2D eigenvalue weighted by Crippen LogP contribution is 2.17. The minimum Gasteiger partial charge on any atom is -0.364 e. The standard InChI is InChI=1S/C9H14N2S/c1-2-8(10-4-1)6-11-9-3-5-12-7-9/h1-2,4,9-11H,3,5-7H2. The number of rotatable bonds is 3. The van der Waals surface area contributed by atoms with E-state index >= 15 is 0 Å². The van der Waals surface area contributed by atoms with Crippen molar-refractivity contribution in [2.75, 3.05) is 11.5 Å². The van der Waals surface area contributed by atoms with Crippen LogP contribution in [0.3, 0.4) is 0 Å². The Morgan fingerprint density at radius 1 is 1.67 bits per heavy atom. The van der Waals surface area contributed by atoms with Crippen molar-refractivity contribution in [3.63, 3.8) is 0 Å². The van der Waals surface area contributed by atoms with Gasteiger partial charge in [0.2, 0.25) is 0 Å². The predicted octanol–water partition coefficient (Wildman–Crippen LogP) is 1.61. The lowest BCUT2D eigenvalue weighted by Gasteiger charge is -2.09. The lowest BCUT2D eigenvalue weighted by atomic mass is 10.2. The van der Waals surface area contributed by atoms with Crippen molar-refractivity contribution in [2.24, 2.45) is 0 Å². The molecule has 1 aliphatic heterocycles. The highest BCUT2D eigenvalue weighted by atomic mass is 32.2. The van der Waals surface area contributed by atoms with Crippen LogP contribution in [0.5, 0.6) is 0 Å². The van der Waals surface area contributed by atoms with Gasteiger partial charge in [0.1, 0.15) is 0 Å². The van der Waals surface area contributed by atoms with Crippen LogP contribution in [-0.2, 0) is 6.54 Å². The van der Waals surface area contributed by atoms with E-state index in [-0.39, 0.29) is 0 Å². The number of aromatic nitrogens is 1. The monoisotopic (exact) mass is 182 g/mol. The molecular formula is C9H14N2S. The molecule has 66 valence electrons. The zero-order valence-corrected chi connectivity index (χ0v) is 7.86. The molecule has 0 aliphatic carbocycles. The van der Waals surface area contributed by atoms with E-state index in [9.17, 15) is 0 Å². The van der Waals surface area contributed by atoms with Gasteiger partial charge in [0.05, 0.1) is 0 Å². The van der Waals surface area contributed by atoms with Gasteiger partial charge in [0, 0.05) is 30.2 Å². The van der Waals surface area contributed by atoms with E-state index in [1.54, 1.807) is 0 Å². The van der Waals surface area contributed by atoms with Crippen LogP contribution in [0.4, 0.5) is 0 Å². The topological polar surface area (TPSA) is 27.8 Å². The summed E-state index contributed by atoms with van der Waals surface area (Å²) in [6.07, 6.45) is 3.30. The molecule has 0 aromatic carbocycles. The molecule has 12 heavy (non-hydrogen) atoms. The van der Waals surface area contributed by atoms with Gasteiger partial charge in [-0.15, -0.1) is 0 Å². The summed E-state index contributed by atoms with van der Waals surface area (Å²) in [5, 5.41) is 3.53. The quantitative estimate of drug-likeness (QED) is 0.743. The van der Waals surface area contributed by atoms with E-state index in [0.717, 1.165) is 12.6 Å². The molecule has 1 aromatic heterocycles. The van der Waals surface area contributed by atoms with Gasteiger partial charge in [0.25, 0.3) is 0 Å². The Kier molecular flexibility index (Phi) is 2.74. The number of aromatic amines is 1. The molecule has 2 heterocycles. The Hall–Kier alpha value is -0.410. The normalized spacial score (nSPS) is 23.2. The van der Waals surface area contributed by atoms with Crippen molar-refractivity contribution < 1.29 is 0 Å². The molecule has 1 aliphatic rings. The number of hydrogen-bond donors (Lipinski definition) is 2. The van der Waals surface area contributed by atoms with E-state index in [1.807, 2.05) is 24.0 Å². The Morgan fingerprint density at radius 3 is 3.33 bits per heavy atom. The van der Waals surface area contributed by atoms with Crippen molar-refractivity contribution in [3.8, 4) is 0 Å². The van der Waals surface area contributed by atoms with Gasteiger partial charge in [0.15, 0.2) is 0 Å². The second-order valence-electron chi connectivity index (χ2n) is 3.14. The molecular weight excluding hydrogens is 168 g/mol. The average Bonchev–Trinajstić information content (AvgIpc) is 2.74. The van der Waals surface area contributed by atoms with Crippen molar-refractivity contribution in [3.05, 3.63) is 24.0 Å². The Morgan fingerprint density at radius 2 is 2.67 bits per heavy atom. The van der Waals surface area contributed by atoms with Gasteiger partial charge in [-0.1, -0.05) is 0 Å². The first-order valence-corrected chi connectivity index (χ1v) is 5.54. The van der Waals surface area contributed by atoms with Gasteiger partial charge in [-0.3, -0.25) is 0 Å². The Labute approximate surface area is 77.1 Å². The molecule has 0 radical (unpaired) electrons. The molecule has 0 bridgehead atoms. The van der Waals surface area contributed by atoms with Gasteiger partial charge < -0.3 is 10.3 Å². The highest BCUT2D eigenvalue weighted by Gasteiger charge is 2.13. The Bertz CT molecular complexity index is 214. The maximum absolute atomic E-state index is 3.53. The van der Waals surface area contributed by atoms with E-state index < -0.39 is 0 Å². The summed E-state index contributed by atoms with van der Waals surface area (Å²) in [5.41, 5.74) is 1.28. The van der Waals surface area contributed by atoms with E-state index in [4.69, 9.17) is 0 Å². The smallest absolute Gasteiger partial charge is 0.0359 e. The SMILES string of the molecule is c1c[nH]c(CNC2CCSC2)c1. The van der Waals surface area contributed by atoms with E-state index in [2.05, 4.69) is 16.4 Å². The minimum atomic E-state index is 0.735. The molecule has 2 nitrogen and oxygen atoms in total. The molecule has 3 heteroatoms. The zero-order chi connectivity index (χ0) is 8.23. The fourth-order valence-corrected chi connectivity index (χ4v) is 2.61. The first-order valence-electron chi connectivity index (χ1n) is 4.38. The first-order chi connectivity index (χ1) is 5.95. The van der Waals surface area contributed by atoms with Crippen LogP contribution in [0.25, 0.3) is 0 Å². The molecule has 0 amide bonds. The van der Waals surface area contributed by atoms with Crippen molar-refractivity contribution in [1.29, 1.82) is 0 Å². The maximum Gasteiger partial charge on any atom is 0.0359 e. The summed E-state index contributed by atoms with van der Waals surface area (Å²) in [6.45, 7) is 0.984. The Balaban J connectivity index is 1.74. The summed E-state index contributed by atoms with van der Waals surface area (Å²) in [5.74, 6) is 2.60. The summed E-state index contributed by atoms with van der Waals surface area (Å²) in [6, 6.07) is 4.90. The van der Waals surface area contributed by atoms with Crippen LogP contribution in [0.1, 0.15) is 12.1 Å². The van der Waals surface area contributed by atoms with Crippen LogP contribution in [0, 0.1) is 0 Å². The average molecular weight is 182 g/mol. The molecule has 1 aromatic rings. The third kappa shape index (κ3) is 2.05. The van der Waals surface area contributed by atoms with Crippen LogP contribution >= 0.6 is 11.8 Å². The first kappa shape index (κ1) is 8.20. The highest BCUT2D eigenvalue weighted by molar-refractivity contribution is 7.99. The third-order valence-corrected chi connectivity index (χ3v) is 3.34. The third-order valence-electron chi connectivity index (χ3n) is 2.17. The van der Waals surface area contributed by atoms with Crippen LogP contribution in [0.15, 0.2) is 18.3 Å². The van der Waals surface area contributed by atoms with Crippen LogP contribution in [0.2, 0.25) is 0 Å². The number of nitrogens with one attached hydrogen (secondary N) is 2. The minimum absolute atomic E-state index is 0.735. The summed E-state index contributed by atoms with van der Waals surface area (Å²) < 4.78 is 0. The second kappa shape index (κ2) is 4.01. The summed E-state index contributed by atoms with van der Waals surface area (Å²) in [4.78, 5) is 3.19. The largest absolute Gasteiger partial charge is 0.364 e. The molecule has 1 unspecified atom stereocenters. The summed E-state index contributed by atoms with van der Waals surface area (Å²) >= 11 is 2.05. The van der Waals surface area contributed by atoms with E-state index in [1.165, 1.54) is 23.6 Å². The van der Waals surface area contributed by atoms with Crippen LogP contribution < -0.4 is 5.32 Å². The predicted molar refractivity (Wildman–Crippen MR) is 53.4 cm³/mol. The molecule has 1 saturated heterocycles. The fourth-order valence-electron chi connectivity index (χ4n) is 1.43. The molecule has 2 rings (SSSR count). The van der Waals surface area contributed by atoms with Crippen molar-refractivity contribution in [1.82, 2.24) is 10.3 Å². The molecule has 0 spiro atoms. The molecule has 0 saturated carbocycles. The second-order valence-corrected chi connectivity index (χ2v) is 4.29. The van der Waals surface area contributed by atoms with Gasteiger partial charge >= 0.3 is 0 Å². The van der Waals surface area contributed by atoms with Gasteiger partial charge in [-0.2, -0.15) is 11.8 Å². The molecule has 2 N–H and O–H groups in total. The molecule has 1 fully saturated rings. The number of H-pyrrole nitrogens is 1. The van der Waals surface area contributed by atoms with Crippen molar-refractivity contribution in [2.45, 2.75) is 19.0 Å². The lowest BCUT2D eigenvalue weighted by Crippen LogP contribution is -2.28. The number of thioether (sulfide) groups is 1. The zero-order valence-electron chi connectivity index (χ0n) is 7.05. The number of hydrogen-bond acceptors (Lipinski definition) is 2. The maximum atomic E-state index is 3.53.